The number of aliphatic hydroxyl groups is 3. The number of alkyl halides is 3. The average molecular weight is 415 g/mol. The second-order valence-electron chi connectivity index (χ2n) is 5.80. The Morgan fingerprint density at radius 3 is 2.30 bits per heavy atom. The van der Waals surface area contributed by atoms with Gasteiger partial charge in [-0.15, -0.1) is 0 Å². The molecule has 0 spiro atoms. The molecule has 2 amide bonds. The van der Waals surface area contributed by atoms with Crippen molar-refractivity contribution in [2.24, 2.45) is 0 Å². The maximum Gasteiger partial charge on any atom is 0.471 e. The highest BCUT2D eigenvalue weighted by Crippen LogP contribution is 2.24. The largest absolute Gasteiger partial charge is 0.471 e. The Kier molecular flexibility index (Phi) is 8.10. The van der Waals surface area contributed by atoms with E-state index in [2.05, 4.69) is 17.5 Å². The summed E-state index contributed by atoms with van der Waals surface area (Å²) in [6.45, 7) is -1.29. The molecule has 4 N–H and O–H groups in total. The Balaban J connectivity index is 3.04. The molecule has 4 atom stereocenters. The van der Waals surface area contributed by atoms with Crippen molar-refractivity contribution in [1.29, 1.82) is 0 Å². The van der Waals surface area contributed by atoms with Crippen molar-refractivity contribution >= 4 is 29.5 Å². The zero-order chi connectivity index (χ0) is 20.9. The Morgan fingerprint density at radius 1 is 1.26 bits per heavy atom. The van der Waals surface area contributed by atoms with Crippen LogP contribution in [0, 0.1) is 0 Å². The second-order valence-corrected chi connectivity index (χ2v) is 6.03. The van der Waals surface area contributed by atoms with E-state index in [4.69, 9.17) is 9.84 Å². The SMILES string of the molecule is CN(CC(=CN(C)C1OC(CO)C(O)C1O)C(=O)NC=S)C(=O)C(F)(F)F. The molecule has 1 aliphatic rings. The Hall–Kier alpha value is -1.80. The summed E-state index contributed by atoms with van der Waals surface area (Å²) in [5.41, 5.74) is 0.547. The minimum atomic E-state index is -5.12. The van der Waals surface area contributed by atoms with Gasteiger partial charge in [-0.25, -0.2) is 0 Å². The van der Waals surface area contributed by atoms with Crippen molar-refractivity contribution in [2.75, 3.05) is 27.2 Å². The van der Waals surface area contributed by atoms with Crippen LogP contribution in [0.1, 0.15) is 0 Å². The molecule has 9 nitrogen and oxygen atoms in total. The van der Waals surface area contributed by atoms with Crippen LogP contribution in [0.15, 0.2) is 11.8 Å². The van der Waals surface area contributed by atoms with Crippen LogP contribution in [-0.2, 0) is 14.3 Å². The maximum absolute atomic E-state index is 12.5. The van der Waals surface area contributed by atoms with Crippen molar-refractivity contribution in [3.63, 3.8) is 0 Å². The molecule has 0 aromatic heterocycles. The summed E-state index contributed by atoms with van der Waals surface area (Å²) in [4.78, 5) is 24.8. The number of thiocarbonyl (C=S) groups is 1. The third-order valence-corrected chi connectivity index (χ3v) is 3.87. The van der Waals surface area contributed by atoms with E-state index >= 15 is 0 Å². The topological polar surface area (TPSA) is 123 Å². The Bertz CT molecular complexity index is 603. The summed E-state index contributed by atoms with van der Waals surface area (Å²) < 4.78 is 42.9. The maximum atomic E-state index is 12.5. The van der Waals surface area contributed by atoms with Gasteiger partial charge in [-0.2, -0.15) is 13.2 Å². The summed E-state index contributed by atoms with van der Waals surface area (Å²) in [5, 5.41) is 30.9. The lowest BCUT2D eigenvalue weighted by molar-refractivity contribution is -0.183. The first kappa shape index (κ1) is 23.2. The number of likely N-dealkylation sites (N-methyl/N-ethyl adjacent to an activating group) is 2. The normalized spacial score (nSPS) is 25.9. The smallest absolute Gasteiger partial charge is 0.394 e. The van der Waals surface area contributed by atoms with Crippen molar-refractivity contribution in [2.45, 2.75) is 30.7 Å². The lowest BCUT2D eigenvalue weighted by Crippen LogP contribution is -2.43. The summed E-state index contributed by atoms with van der Waals surface area (Å²) >= 11 is 4.47. The molecule has 1 fully saturated rings. The second kappa shape index (κ2) is 9.41. The molecule has 0 bridgehead atoms. The number of nitrogens with one attached hydrogen (secondary N) is 1. The molecule has 13 heteroatoms. The van der Waals surface area contributed by atoms with Gasteiger partial charge in [-0.1, -0.05) is 12.2 Å². The van der Waals surface area contributed by atoms with Crippen LogP contribution in [0.3, 0.4) is 0 Å². The van der Waals surface area contributed by atoms with E-state index in [9.17, 15) is 33.0 Å². The van der Waals surface area contributed by atoms with E-state index < -0.39 is 55.7 Å². The lowest BCUT2D eigenvalue weighted by Gasteiger charge is -2.27. The number of amides is 2. The van der Waals surface area contributed by atoms with Crippen LogP contribution >= 0.6 is 12.2 Å². The summed E-state index contributed by atoms with van der Waals surface area (Å²) in [5.74, 6) is -3.02. The first-order valence-corrected chi connectivity index (χ1v) is 8.03. The molecule has 1 heterocycles. The van der Waals surface area contributed by atoms with Gasteiger partial charge in [-0.05, 0) is 0 Å². The van der Waals surface area contributed by atoms with Gasteiger partial charge >= 0.3 is 12.1 Å². The van der Waals surface area contributed by atoms with Crippen molar-refractivity contribution in [3.8, 4) is 0 Å². The van der Waals surface area contributed by atoms with Gasteiger partial charge < -0.3 is 35.2 Å². The molecule has 0 saturated carbocycles. The van der Waals surface area contributed by atoms with Crippen molar-refractivity contribution in [1.82, 2.24) is 15.1 Å². The first-order chi connectivity index (χ1) is 12.4. The van der Waals surface area contributed by atoms with Crippen LogP contribution in [0.2, 0.25) is 0 Å². The van der Waals surface area contributed by atoms with Crippen LogP contribution in [0.5, 0.6) is 0 Å². The van der Waals surface area contributed by atoms with Crippen LogP contribution in [-0.4, -0.2) is 100 Å². The predicted octanol–water partition coefficient (Wildman–Crippen LogP) is -1.66. The molecular weight excluding hydrogens is 395 g/mol. The van der Waals surface area contributed by atoms with Gasteiger partial charge in [0.2, 0.25) is 0 Å². The number of carbonyl (C=O) groups is 2. The summed E-state index contributed by atoms with van der Waals surface area (Å²) in [7, 11) is 2.19. The first-order valence-electron chi connectivity index (χ1n) is 7.55. The lowest BCUT2D eigenvalue weighted by atomic mass is 10.1. The Morgan fingerprint density at radius 2 is 1.85 bits per heavy atom. The minimum absolute atomic E-state index is 0.292. The van der Waals surface area contributed by atoms with Crippen molar-refractivity contribution in [3.05, 3.63) is 11.8 Å². The van der Waals surface area contributed by atoms with E-state index in [1.54, 1.807) is 0 Å². The average Bonchev–Trinajstić information content (AvgIpc) is 2.87. The predicted molar refractivity (Wildman–Crippen MR) is 89.1 cm³/mol. The van der Waals surface area contributed by atoms with E-state index in [-0.39, 0.29) is 5.57 Å². The molecule has 1 saturated heterocycles. The summed E-state index contributed by atoms with van der Waals surface area (Å²) in [6, 6.07) is 0. The van der Waals surface area contributed by atoms with Crippen LogP contribution in [0.4, 0.5) is 13.2 Å². The van der Waals surface area contributed by atoms with Gasteiger partial charge in [0, 0.05) is 20.3 Å². The number of ether oxygens (including phenoxy) is 1. The fraction of sp³-hybridized carbons (Fsp3) is 0.643. The number of nitrogens with zero attached hydrogens (tertiary/aromatic N) is 2. The van der Waals surface area contributed by atoms with Crippen molar-refractivity contribution < 1.29 is 42.8 Å². The zero-order valence-electron chi connectivity index (χ0n) is 14.4. The van der Waals surface area contributed by atoms with Gasteiger partial charge in [0.1, 0.15) is 18.3 Å². The molecule has 4 unspecified atom stereocenters. The van der Waals surface area contributed by atoms with E-state index in [0.717, 1.165) is 23.6 Å². The molecule has 0 radical (unpaired) electrons. The number of hydrogen-bond donors (Lipinski definition) is 4. The minimum Gasteiger partial charge on any atom is -0.394 e. The number of aliphatic hydroxyl groups excluding tert-OH is 3. The third-order valence-electron chi connectivity index (χ3n) is 3.76. The fourth-order valence-corrected chi connectivity index (χ4v) is 2.50. The molecule has 1 aliphatic heterocycles. The quantitative estimate of drug-likeness (QED) is 0.288. The van der Waals surface area contributed by atoms with Crippen LogP contribution < -0.4 is 5.32 Å². The highest BCUT2D eigenvalue weighted by Gasteiger charge is 2.44. The van der Waals surface area contributed by atoms with E-state index in [0.29, 0.717) is 4.90 Å². The molecule has 0 aromatic carbocycles. The van der Waals surface area contributed by atoms with E-state index in [1.165, 1.54) is 7.05 Å². The van der Waals surface area contributed by atoms with Crippen LogP contribution in [0.25, 0.3) is 0 Å². The number of halogens is 3. The van der Waals surface area contributed by atoms with Gasteiger partial charge in [0.15, 0.2) is 6.23 Å². The molecule has 0 aromatic rings. The molecule has 0 aliphatic carbocycles. The fourth-order valence-electron chi connectivity index (χ4n) is 2.40. The van der Waals surface area contributed by atoms with E-state index in [1.807, 2.05) is 0 Å². The number of rotatable bonds is 7. The van der Waals surface area contributed by atoms with Gasteiger partial charge in [-0.3, -0.25) is 9.59 Å². The molecule has 1 rings (SSSR count). The third kappa shape index (κ3) is 5.84. The number of carbonyl (C=O) groups excluding carboxylic acids is 2. The molecule has 154 valence electrons. The number of hydrogen-bond acceptors (Lipinski definition) is 8. The highest BCUT2D eigenvalue weighted by atomic mass is 32.1. The molecular formula is C14H20F3N3O6S. The molecule has 27 heavy (non-hydrogen) atoms. The monoisotopic (exact) mass is 415 g/mol. The zero-order valence-corrected chi connectivity index (χ0v) is 15.2. The summed E-state index contributed by atoms with van der Waals surface area (Å²) in [6.07, 6.45) is -9.18. The van der Waals surface area contributed by atoms with Gasteiger partial charge in [0.25, 0.3) is 5.91 Å². The standard InChI is InChI=1S/C14H20F3N3O6S/c1-19(12-10(23)9(22)8(5-21)26-12)3-7(11(24)18-6-27)4-20(2)13(25)14(15,16)17/h3,6,8-10,12,21-23H,4-5H2,1-2H3,(H,18,24,27). The van der Waals surface area contributed by atoms with Gasteiger partial charge in [0.05, 0.1) is 24.2 Å². The Labute approximate surface area is 158 Å². The highest BCUT2D eigenvalue weighted by molar-refractivity contribution is 7.78.